The van der Waals surface area contributed by atoms with Crippen molar-refractivity contribution in [3.05, 3.63) is 29.3 Å². The maximum Gasteiger partial charge on any atom is 0.328 e. The molecule has 0 aliphatic heterocycles. The van der Waals surface area contributed by atoms with Crippen LogP contribution in [0.15, 0.2) is 18.2 Å². The molecule has 2 N–H and O–H groups in total. The van der Waals surface area contributed by atoms with Crippen molar-refractivity contribution in [1.82, 2.24) is 0 Å². The van der Waals surface area contributed by atoms with Crippen LogP contribution in [0.1, 0.15) is 62.5 Å². The van der Waals surface area contributed by atoms with E-state index in [1.807, 2.05) is 18.4 Å². The number of hydrogen-bond acceptors (Lipinski definition) is 5. The van der Waals surface area contributed by atoms with E-state index in [1.165, 1.54) is 11.1 Å². The van der Waals surface area contributed by atoms with Gasteiger partial charge in [-0.3, -0.25) is 4.79 Å². The predicted octanol–water partition coefficient (Wildman–Crippen LogP) is 4.10. The lowest BCUT2D eigenvalue weighted by Gasteiger charge is -2.48. The third kappa shape index (κ3) is 3.41. The number of esters is 1. The number of thioether (sulfide) groups is 1. The van der Waals surface area contributed by atoms with Gasteiger partial charge in [0.25, 0.3) is 0 Å². The molecule has 1 aromatic carbocycles. The lowest BCUT2D eigenvalue weighted by atomic mass is 9.55. The summed E-state index contributed by atoms with van der Waals surface area (Å²) in [5.74, 6) is 3.30. The Bertz CT molecular complexity index is 779. The molecular formula is C23H31NO3S. The van der Waals surface area contributed by atoms with E-state index in [9.17, 15) is 9.59 Å². The monoisotopic (exact) mass is 401 g/mol. The molecule has 0 amide bonds. The van der Waals surface area contributed by atoms with E-state index in [0.717, 1.165) is 44.3 Å². The molecule has 1 aromatic rings. The highest BCUT2D eigenvalue weighted by Gasteiger charge is 2.54. The molecule has 2 fully saturated rings. The number of carbonyl (C=O) groups excluding carboxylic acids is 2. The molecule has 28 heavy (non-hydrogen) atoms. The second-order valence-electron chi connectivity index (χ2n) is 9.00. The first kappa shape index (κ1) is 20.0. The number of hydrogen-bond donors (Lipinski definition) is 1. The highest BCUT2D eigenvalue weighted by atomic mass is 32.2. The van der Waals surface area contributed by atoms with Crippen LogP contribution in [0.3, 0.4) is 0 Å². The number of ether oxygens (including phenoxy) is 1. The lowest BCUT2D eigenvalue weighted by molar-refractivity contribution is -0.135. The van der Waals surface area contributed by atoms with Crippen molar-refractivity contribution in [2.45, 2.75) is 63.8 Å². The van der Waals surface area contributed by atoms with Crippen molar-refractivity contribution in [1.29, 1.82) is 0 Å². The third-order valence-corrected chi connectivity index (χ3v) is 8.21. The maximum atomic E-state index is 12.5. The fourth-order valence-corrected chi connectivity index (χ4v) is 6.44. The Labute approximate surface area is 172 Å². The summed E-state index contributed by atoms with van der Waals surface area (Å²) in [7, 11) is 0. The molecular weight excluding hydrogens is 370 g/mol. The number of benzene rings is 1. The van der Waals surface area contributed by atoms with Crippen LogP contribution >= 0.6 is 11.8 Å². The minimum Gasteiger partial charge on any atom is -0.425 e. The van der Waals surface area contributed by atoms with Gasteiger partial charge in [0.1, 0.15) is 17.6 Å². The fraction of sp³-hybridized carbons (Fsp3) is 0.652. The van der Waals surface area contributed by atoms with Gasteiger partial charge >= 0.3 is 5.97 Å². The average Bonchev–Trinajstić information content (AvgIpc) is 3.00. The first-order valence-electron chi connectivity index (χ1n) is 10.6. The topological polar surface area (TPSA) is 69.4 Å². The van der Waals surface area contributed by atoms with E-state index in [2.05, 4.69) is 13.0 Å². The summed E-state index contributed by atoms with van der Waals surface area (Å²) in [5.41, 5.74) is 8.56. The highest BCUT2D eigenvalue weighted by molar-refractivity contribution is 7.98. The zero-order chi connectivity index (χ0) is 19.9. The second kappa shape index (κ2) is 7.83. The zero-order valence-electron chi connectivity index (χ0n) is 16.9. The molecule has 152 valence electrons. The van der Waals surface area contributed by atoms with Gasteiger partial charge in [0.05, 0.1) is 0 Å². The molecule has 0 spiro atoms. The van der Waals surface area contributed by atoms with Crippen molar-refractivity contribution in [2.24, 2.45) is 23.0 Å². The number of carbonyl (C=O) groups is 2. The van der Waals surface area contributed by atoms with Gasteiger partial charge < -0.3 is 10.5 Å². The SMILES string of the molecule is CSCC[C@@H](N)C(=O)Oc1ccc2c(c1)CCC1C2CC[C@]2(C)C(=O)CCC12. The summed E-state index contributed by atoms with van der Waals surface area (Å²) in [6.45, 7) is 2.21. The Morgan fingerprint density at radius 1 is 1.32 bits per heavy atom. The van der Waals surface area contributed by atoms with Gasteiger partial charge in [-0.15, -0.1) is 0 Å². The minimum atomic E-state index is -0.566. The van der Waals surface area contributed by atoms with Crippen LogP contribution < -0.4 is 10.5 Å². The lowest BCUT2D eigenvalue weighted by Crippen LogP contribution is -2.42. The van der Waals surface area contributed by atoms with Crippen LogP contribution in [-0.4, -0.2) is 29.8 Å². The van der Waals surface area contributed by atoms with Crippen molar-refractivity contribution in [3.8, 4) is 5.75 Å². The van der Waals surface area contributed by atoms with Gasteiger partial charge in [-0.05, 0) is 91.5 Å². The van der Waals surface area contributed by atoms with Crippen LogP contribution in [0.5, 0.6) is 5.75 Å². The third-order valence-electron chi connectivity index (χ3n) is 7.56. The minimum absolute atomic E-state index is 0.0823. The first-order valence-corrected chi connectivity index (χ1v) is 12.0. The average molecular weight is 402 g/mol. The number of nitrogens with two attached hydrogens (primary N) is 1. The molecule has 5 atom stereocenters. The summed E-state index contributed by atoms with van der Waals surface area (Å²) in [6, 6.07) is 5.55. The highest BCUT2D eigenvalue weighted by Crippen LogP contribution is 2.59. The van der Waals surface area contributed by atoms with E-state index in [4.69, 9.17) is 10.5 Å². The van der Waals surface area contributed by atoms with E-state index in [1.54, 1.807) is 11.8 Å². The van der Waals surface area contributed by atoms with E-state index in [0.29, 0.717) is 35.7 Å². The van der Waals surface area contributed by atoms with Gasteiger partial charge in [0.2, 0.25) is 0 Å². The molecule has 4 nitrogen and oxygen atoms in total. The van der Waals surface area contributed by atoms with Gasteiger partial charge in [0.15, 0.2) is 0 Å². The normalized spacial score (nSPS) is 32.2. The molecule has 0 radical (unpaired) electrons. The second-order valence-corrected chi connectivity index (χ2v) is 9.99. The summed E-state index contributed by atoms with van der Waals surface area (Å²) >= 11 is 1.68. The van der Waals surface area contributed by atoms with Crippen LogP contribution in [0.25, 0.3) is 0 Å². The molecule has 2 saturated carbocycles. The number of rotatable bonds is 5. The van der Waals surface area contributed by atoms with Crippen LogP contribution in [0.2, 0.25) is 0 Å². The first-order chi connectivity index (χ1) is 13.4. The van der Waals surface area contributed by atoms with Gasteiger partial charge in [0, 0.05) is 11.8 Å². The largest absolute Gasteiger partial charge is 0.425 e. The molecule has 3 unspecified atom stereocenters. The Kier molecular flexibility index (Phi) is 5.58. The number of Topliss-reactive ketones (excluding diaryl/α,β-unsaturated/α-hetero) is 1. The molecule has 5 heteroatoms. The summed E-state index contributed by atoms with van der Waals surface area (Å²) < 4.78 is 5.56. The molecule has 0 heterocycles. The van der Waals surface area contributed by atoms with Gasteiger partial charge in [-0.25, -0.2) is 4.79 Å². The van der Waals surface area contributed by atoms with Crippen LogP contribution in [0, 0.1) is 17.3 Å². The standard InChI is InChI=1S/C23H31NO3S/c1-23-11-9-17-16-6-4-15(27-22(26)20(24)10-12-28-2)13-14(16)3-5-18(17)19(23)7-8-21(23)25/h4,6,13,17-20H,3,5,7-12,24H2,1-2H3/t17?,18?,19?,20-,23+/m1/s1. The van der Waals surface area contributed by atoms with Crippen molar-refractivity contribution >= 4 is 23.5 Å². The smallest absolute Gasteiger partial charge is 0.328 e. The van der Waals surface area contributed by atoms with Crippen molar-refractivity contribution in [3.63, 3.8) is 0 Å². The van der Waals surface area contributed by atoms with E-state index in [-0.39, 0.29) is 11.4 Å². The van der Waals surface area contributed by atoms with Crippen LogP contribution in [-0.2, 0) is 16.0 Å². The maximum absolute atomic E-state index is 12.5. The Hall–Kier alpha value is -1.33. The Balaban J connectivity index is 1.49. The molecule has 0 bridgehead atoms. The number of fused-ring (bicyclic) bond motifs is 5. The molecule has 0 aromatic heterocycles. The van der Waals surface area contributed by atoms with Gasteiger partial charge in [-0.2, -0.15) is 11.8 Å². The molecule has 0 saturated heterocycles. The quantitative estimate of drug-likeness (QED) is 0.594. The van der Waals surface area contributed by atoms with Gasteiger partial charge in [-0.1, -0.05) is 13.0 Å². The molecule has 4 rings (SSSR count). The number of aryl methyl sites for hydroxylation is 1. The van der Waals surface area contributed by atoms with Crippen molar-refractivity contribution in [2.75, 3.05) is 12.0 Å². The summed E-state index contributed by atoms with van der Waals surface area (Å²) in [4.78, 5) is 24.7. The summed E-state index contributed by atoms with van der Waals surface area (Å²) in [5, 5.41) is 0. The van der Waals surface area contributed by atoms with E-state index >= 15 is 0 Å². The fourth-order valence-electron chi connectivity index (χ4n) is 5.95. The zero-order valence-corrected chi connectivity index (χ0v) is 17.7. The summed E-state index contributed by atoms with van der Waals surface area (Å²) in [6.07, 6.45) is 8.71. The Morgan fingerprint density at radius 3 is 2.93 bits per heavy atom. The number of ketones is 1. The Morgan fingerprint density at radius 2 is 2.14 bits per heavy atom. The van der Waals surface area contributed by atoms with Crippen molar-refractivity contribution < 1.29 is 14.3 Å². The van der Waals surface area contributed by atoms with Crippen LogP contribution in [0.4, 0.5) is 0 Å². The molecule has 3 aliphatic rings. The molecule has 3 aliphatic carbocycles. The predicted molar refractivity (Wildman–Crippen MR) is 113 cm³/mol. The van der Waals surface area contributed by atoms with E-state index < -0.39 is 6.04 Å².